The van der Waals surface area contributed by atoms with Crippen LogP contribution in [0.15, 0.2) is 36.8 Å². The molecule has 1 heterocycles. The molecule has 4 nitrogen and oxygen atoms in total. The second kappa shape index (κ2) is 6.57. The van der Waals surface area contributed by atoms with Crippen molar-refractivity contribution in [1.29, 1.82) is 0 Å². The lowest BCUT2D eigenvalue weighted by atomic mass is 10.1. The highest BCUT2D eigenvalue weighted by atomic mass is 16.5. The molecule has 1 aromatic carbocycles. The number of hydrogen-bond donors (Lipinski definition) is 1. The summed E-state index contributed by atoms with van der Waals surface area (Å²) in [5, 5.41) is 3.22. The van der Waals surface area contributed by atoms with Crippen LogP contribution in [0.5, 0.6) is 5.75 Å². The van der Waals surface area contributed by atoms with Gasteiger partial charge < -0.3 is 14.6 Å². The quantitative estimate of drug-likeness (QED) is 0.877. The van der Waals surface area contributed by atoms with Crippen molar-refractivity contribution < 1.29 is 4.74 Å². The number of aromatic nitrogens is 2. The van der Waals surface area contributed by atoms with Gasteiger partial charge in [-0.15, -0.1) is 0 Å². The predicted octanol–water partition coefficient (Wildman–Crippen LogP) is 3.32. The van der Waals surface area contributed by atoms with Crippen molar-refractivity contribution in [3.8, 4) is 5.75 Å². The second-order valence-corrected chi connectivity index (χ2v) is 5.25. The third kappa shape index (κ3) is 3.39. The Hall–Kier alpha value is -1.81. The van der Waals surface area contributed by atoms with Gasteiger partial charge in [-0.05, 0) is 45.5 Å². The molecule has 0 saturated heterocycles. The summed E-state index contributed by atoms with van der Waals surface area (Å²) in [6.07, 6.45) is 3.71. The SMILES string of the molecule is CNC(C)c1ccc(OCc2cncn2C(C)C)cc1. The van der Waals surface area contributed by atoms with Crippen LogP contribution in [0.4, 0.5) is 0 Å². The van der Waals surface area contributed by atoms with E-state index in [1.165, 1.54) is 5.56 Å². The van der Waals surface area contributed by atoms with E-state index in [2.05, 4.69) is 47.8 Å². The minimum Gasteiger partial charge on any atom is -0.487 e. The van der Waals surface area contributed by atoms with Gasteiger partial charge in [0.15, 0.2) is 0 Å². The maximum atomic E-state index is 5.83. The van der Waals surface area contributed by atoms with Crippen LogP contribution >= 0.6 is 0 Å². The molecule has 0 amide bonds. The second-order valence-electron chi connectivity index (χ2n) is 5.25. The molecule has 0 aliphatic heterocycles. The summed E-state index contributed by atoms with van der Waals surface area (Å²) in [6.45, 7) is 6.95. The Morgan fingerprint density at radius 1 is 1.20 bits per heavy atom. The molecule has 1 atom stereocenters. The summed E-state index contributed by atoms with van der Waals surface area (Å²) in [5.74, 6) is 0.883. The minimum atomic E-state index is 0.353. The summed E-state index contributed by atoms with van der Waals surface area (Å²) in [5.41, 5.74) is 2.35. The Morgan fingerprint density at radius 3 is 2.50 bits per heavy atom. The van der Waals surface area contributed by atoms with E-state index in [0.29, 0.717) is 18.7 Å². The van der Waals surface area contributed by atoms with Crippen LogP contribution in [0.2, 0.25) is 0 Å². The van der Waals surface area contributed by atoms with Crippen LogP contribution in [-0.2, 0) is 6.61 Å². The molecule has 0 spiro atoms. The van der Waals surface area contributed by atoms with Gasteiger partial charge in [0.05, 0.1) is 18.2 Å². The molecule has 0 fully saturated rings. The molecule has 1 unspecified atom stereocenters. The van der Waals surface area contributed by atoms with Crippen molar-refractivity contribution in [3.63, 3.8) is 0 Å². The predicted molar refractivity (Wildman–Crippen MR) is 80.9 cm³/mol. The summed E-state index contributed by atoms with van der Waals surface area (Å²) in [6, 6.07) is 8.96. The highest BCUT2D eigenvalue weighted by Crippen LogP contribution is 2.19. The van der Waals surface area contributed by atoms with Crippen molar-refractivity contribution in [2.45, 2.75) is 39.5 Å². The Morgan fingerprint density at radius 2 is 1.90 bits per heavy atom. The average molecular weight is 273 g/mol. The van der Waals surface area contributed by atoms with Crippen LogP contribution in [0.25, 0.3) is 0 Å². The fourth-order valence-electron chi connectivity index (χ4n) is 2.09. The Bertz CT molecular complexity index is 531. The molecule has 0 radical (unpaired) electrons. The van der Waals surface area contributed by atoms with Crippen molar-refractivity contribution in [2.24, 2.45) is 0 Å². The zero-order valence-corrected chi connectivity index (χ0v) is 12.6. The molecule has 0 aliphatic rings. The molecule has 20 heavy (non-hydrogen) atoms. The van der Waals surface area contributed by atoms with Crippen LogP contribution in [0, 0.1) is 0 Å². The number of imidazole rings is 1. The van der Waals surface area contributed by atoms with E-state index in [4.69, 9.17) is 4.74 Å². The first-order chi connectivity index (χ1) is 9.61. The standard InChI is InChI=1S/C16H23N3O/c1-12(2)19-11-18-9-15(19)10-20-16-7-5-14(6-8-16)13(3)17-4/h5-9,11-13,17H,10H2,1-4H3. The number of ether oxygens (including phenoxy) is 1. The lowest BCUT2D eigenvalue weighted by molar-refractivity contribution is 0.292. The molecular formula is C16H23N3O. The Labute approximate surface area is 120 Å². The molecule has 108 valence electrons. The van der Waals surface area contributed by atoms with E-state index in [1.54, 1.807) is 0 Å². The molecular weight excluding hydrogens is 250 g/mol. The fourth-order valence-corrected chi connectivity index (χ4v) is 2.09. The molecule has 1 N–H and O–H groups in total. The lowest BCUT2D eigenvalue weighted by Gasteiger charge is -2.14. The average Bonchev–Trinajstić information content (AvgIpc) is 2.93. The first-order valence-electron chi connectivity index (χ1n) is 7.02. The van der Waals surface area contributed by atoms with Gasteiger partial charge in [-0.2, -0.15) is 0 Å². The Kier molecular flexibility index (Phi) is 4.79. The van der Waals surface area contributed by atoms with Gasteiger partial charge in [-0.1, -0.05) is 12.1 Å². The lowest BCUT2D eigenvalue weighted by Crippen LogP contribution is -2.12. The highest BCUT2D eigenvalue weighted by molar-refractivity contribution is 5.29. The zero-order chi connectivity index (χ0) is 14.5. The number of nitrogens with zero attached hydrogens (tertiary/aromatic N) is 2. The molecule has 0 bridgehead atoms. The number of benzene rings is 1. The zero-order valence-electron chi connectivity index (χ0n) is 12.6. The largest absolute Gasteiger partial charge is 0.487 e. The molecule has 2 aromatic rings. The van der Waals surface area contributed by atoms with Gasteiger partial charge in [-0.25, -0.2) is 4.98 Å². The van der Waals surface area contributed by atoms with Crippen molar-refractivity contribution in [2.75, 3.05) is 7.05 Å². The topological polar surface area (TPSA) is 39.1 Å². The third-order valence-electron chi connectivity index (χ3n) is 3.50. The van der Waals surface area contributed by atoms with Crippen LogP contribution in [0.1, 0.15) is 44.1 Å². The molecule has 1 aromatic heterocycles. The third-order valence-corrected chi connectivity index (χ3v) is 3.50. The van der Waals surface area contributed by atoms with E-state index >= 15 is 0 Å². The van der Waals surface area contributed by atoms with Gasteiger partial charge in [0.2, 0.25) is 0 Å². The van der Waals surface area contributed by atoms with E-state index in [0.717, 1.165) is 11.4 Å². The van der Waals surface area contributed by atoms with Crippen molar-refractivity contribution in [3.05, 3.63) is 48.0 Å². The van der Waals surface area contributed by atoms with E-state index < -0.39 is 0 Å². The Balaban J connectivity index is 1.99. The molecule has 0 aliphatic carbocycles. The van der Waals surface area contributed by atoms with Gasteiger partial charge in [0.1, 0.15) is 12.4 Å². The summed E-state index contributed by atoms with van der Waals surface area (Å²) in [7, 11) is 1.96. The first kappa shape index (κ1) is 14.6. The monoisotopic (exact) mass is 273 g/mol. The van der Waals surface area contributed by atoms with Crippen molar-refractivity contribution >= 4 is 0 Å². The number of hydrogen-bond acceptors (Lipinski definition) is 3. The molecule has 4 heteroatoms. The van der Waals surface area contributed by atoms with Gasteiger partial charge >= 0.3 is 0 Å². The maximum Gasteiger partial charge on any atom is 0.130 e. The minimum absolute atomic E-state index is 0.353. The van der Waals surface area contributed by atoms with Crippen LogP contribution in [-0.4, -0.2) is 16.6 Å². The summed E-state index contributed by atoms with van der Waals surface area (Å²) in [4.78, 5) is 4.18. The highest BCUT2D eigenvalue weighted by Gasteiger charge is 2.06. The van der Waals surface area contributed by atoms with Gasteiger partial charge in [0.25, 0.3) is 0 Å². The molecule has 0 saturated carbocycles. The first-order valence-corrected chi connectivity index (χ1v) is 7.02. The summed E-state index contributed by atoms with van der Waals surface area (Å²) < 4.78 is 7.95. The van der Waals surface area contributed by atoms with Crippen LogP contribution < -0.4 is 10.1 Å². The van der Waals surface area contributed by atoms with Gasteiger partial charge in [0, 0.05) is 12.1 Å². The smallest absolute Gasteiger partial charge is 0.130 e. The van der Waals surface area contributed by atoms with Gasteiger partial charge in [-0.3, -0.25) is 0 Å². The normalized spacial score (nSPS) is 12.7. The van der Waals surface area contributed by atoms with E-state index in [1.807, 2.05) is 31.7 Å². The van der Waals surface area contributed by atoms with Crippen molar-refractivity contribution in [1.82, 2.24) is 14.9 Å². The maximum absolute atomic E-state index is 5.83. The fraction of sp³-hybridized carbons (Fsp3) is 0.438. The van der Waals surface area contributed by atoms with Crippen LogP contribution in [0.3, 0.4) is 0 Å². The van der Waals surface area contributed by atoms with E-state index in [-0.39, 0.29) is 0 Å². The van der Waals surface area contributed by atoms with E-state index in [9.17, 15) is 0 Å². The molecule has 2 rings (SSSR count). The number of nitrogens with one attached hydrogen (secondary N) is 1. The summed E-state index contributed by atoms with van der Waals surface area (Å²) >= 11 is 0. The number of rotatable bonds is 6.